The number of carbonyl (C=O) groups is 1. The molecule has 1 unspecified atom stereocenters. The van der Waals surface area contributed by atoms with Crippen molar-refractivity contribution in [1.29, 1.82) is 0 Å². The summed E-state index contributed by atoms with van der Waals surface area (Å²) in [4.78, 5) is 17.3. The topological polar surface area (TPSA) is 78.1 Å². The van der Waals surface area contributed by atoms with E-state index < -0.39 is 0 Å². The van der Waals surface area contributed by atoms with E-state index in [4.69, 9.17) is 19.0 Å². The van der Waals surface area contributed by atoms with Gasteiger partial charge in [-0.2, -0.15) is 0 Å². The van der Waals surface area contributed by atoms with Crippen LogP contribution in [-0.2, 0) is 19.1 Å². The number of amides is 1. The van der Waals surface area contributed by atoms with E-state index in [9.17, 15) is 4.79 Å². The zero-order valence-electron chi connectivity index (χ0n) is 20.2. The number of hydrogen-bond donors (Lipinski definition) is 2. The molecule has 2 aromatic carbocycles. The van der Waals surface area contributed by atoms with Crippen molar-refractivity contribution >= 4 is 16.7 Å². The fourth-order valence-electron chi connectivity index (χ4n) is 3.82. The number of carbonyl (C=O) groups excluding carboxylic acids is 1. The summed E-state index contributed by atoms with van der Waals surface area (Å²) in [6.07, 6.45) is 7.90. The molecule has 0 bridgehead atoms. The van der Waals surface area contributed by atoms with Crippen molar-refractivity contribution < 1.29 is 23.8 Å². The molecule has 1 atom stereocenters. The molecular formula is C27H38N2O5. The third-order valence-corrected chi connectivity index (χ3v) is 5.73. The molecule has 7 heteroatoms. The van der Waals surface area contributed by atoms with Crippen LogP contribution in [-0.4, -0.2) is 52.2 Å². The van der Waals surface area contributed by atoms with E-state index in [1.54, 1.807) is 7.11 Å². The lowest BCUT2D eigenvalue weighted by Crippen LogP contribution is -2.32. The van der Waals surface area contributed by atoms with Crippen LogP contribution in [0.25, 0.3) is 10.8 Å². The van der Waals surface area contributed by atoms with Crippen LogP contribution in [0, 0.1) is 0 Å². The van der Waals surface area contributed by atoms with Gasteiger partial charge < -0.3 is 19.5 Å². The Hall–Kier alpha value is -2.45. The van der Waals surface area contributed by atoms with Crippen molar-refractivity contribution in [3.63, 3.8) is 0 Å². The van der Waals surface area contributed by atoms with Crippen LogP contribution in [0.3, 0.4) is 0 Å². The largest absolute Gasteiger partial charge is 0.489 e. The molecule has 0 saturated carbocycles. The number of methoxy groups -OCH3 is 1. The van der Waals surface area contributed by atoms with Crippen molar-refractivity contribution in [3.8, 4) is 5.75 Å². The normalized spacial score (nSPS) is 16.5. The Bertz CT molecular complexity index is 890. The zero-order chi connectivity index (χ0) is 23.8. The van der Waals surface area contributed by atoms with E-state index in [0.717, 1.165) is 62.8 Å². The van der Waals surface area contributed by atoms with Gasteiger partial charge in [-0.05, 0) is 49.1 Å². The molecule has 1 amide bonds. The van der Waals surface area contributed by atoms with Crippen LogP contribution in [0.1, 0.15) is 44.9 Å². The minimum absolute atomic E-state index is 0.0982. The molecule has 1 heterocycles. The van der Waals surface area contributed by atoms with Gasteiger partial charge in [0.2, 0.25) is 5.91 Å². The second-order valence-electron chi connectivity index (χ2n) is 8.48. The molecule has 1 fully saturated rings. The highest BCUT2D eigenvalue weighted by molar-refractivity contribution is 5.88. The van der Waals surface area contributed by atoms with Crippen molar-refractivity contribution in [2.75, 3.05) is 40.0 Å². The maximum atomic E-state index is 12.0. The van der Waals surface area contributed by atoms with E-state index in [2.05, 4.69) is 35.1 Å². The highest BCUT2D eigenvalue weighted by Gasteiger charge is 2.15. The summed E-state index contributed by atoms with van der Waals surface area (Å²) in [5, 5.41) is 5.68. The molecule has 3 rings (SSSR count). The van der Waals surface area contributed by atoms with Gasteiger partial charge >= 0.3 is 0 Å². The summed E-state index contributed by atoms with van der Waals surface area (Å²) in [6.45, 7) is 3.40. The molecule has 1 aliphatic heterocycles. The molecular weight excluding hydrogens is 432 g/mol. The van der Waals surface area contributed by atoms with Gasteiger partial charge in [0.25, 0.3) is 0 Å². The summed E-state index contributed by atoms with van der Waals surface area (Å²) >= 11 is 0. The van der Waals surface area contributed by atoms with Crippen molar-refractivity contribution in [2.24, 2.45) is 0 Å². The van der Waals surface area contributed by atoms with Crippen LogP contribution in [0.5, 0.6) is 5.75 Å². The van der Waals surface area contributed by atoms with Gasteiger partial charge in [0.05, 0.1) is 6.61 Å². The van der Waals surface area contributed by atoms with Crippen molar-refractivity contribution in [2.45, 2.75) is 51.2 Å². The molecule has 0 aliphatic carbocycles. The zero-order valence-corrected chi connectivity index (χ0v) is 20.2. The molecule has 0 aromatic heterocycles. The molecule has 7 nitrogen and oxygen atoms in total. The fourth-order valence-corrected chi connectivity index (χ4v) is 3.82. The molecule has 2 aromatic rings. The van der Waals surface area contributed by atoms with Gasteiger partial charge in [-0.25, -0.2) is 10.3 Å². The molecule has 2 N–H and O–H groups in total. The smallest absolute Gasteiger partial charge is 0.243 e. The Morgan fingerprint density at radius 1 is 1.15 bits per heavy atom. The van der Waals surface area contributed by atoms with Gasteiger partial charge in [-0.1, -0.05) is 42.5 Å². The highest BCUT2D eigenvalue weighted by atomic mass is 16.8. The summed E-state index contributed by atoms with van der Waals surface area (Å²) in [5.74, 6) is 0.790. The molecule has 0 spiro atoms. The first-order valence-electron chi connectivity index (χ1n) is 12.3. The number of rotatable bonds is 15. The Morgan fingerprint density at radius 2 is 2.03 bits per heavy atom. The van der Waals surface area contributed by atoms with E-state index in [0.29, 0.717) is 26.2 Å². The molecule has 0 radical (unpaired) electrons. The second-order valence-corrected chi connectivity index (χ2v) is 8.48. The Labute approximate surface area is 202 Å². The number of unbranched alkanes of at least 4 members (excludes halogenated alkanes) is 2. The third kappa shape index (κ3) is 9.43. The quantitative estimate of drug-likeness (QED) is 0.226. The first-order chi connectivity index (χ1) is 16.8. The summed E-state index contributed by atoms with van der Waals surface area (Å²) in [6, 6.07) is 14.4. The number of allylic oxidation sites excluding steroid dienone is 1. The van der Waals surface area contributed by atoms with Crippen LogP contribution >= 0.6 is 0 Å². The van der Waals surface area contributed by atoms with Gasteiger partial charge in [0.1, 0.15) is 12.4 Å². The summed E-state index contributed by atoms with van der Waals surface area (Å²) < 4.78 is 16.8. The number of hydrogen-bond acceptors (Lipinski definition) is 6. The average molecular weight is 471 g/mol. The van der Waals surface area contributed by atoms with E-state index >= 15 is 0 Å². The monoisotopic (exact) mass is 470 g/mol. The van der Waals surface area contributed by atoms with Gasteiger partial charge in [-0.3, -0.25) is 4.79 Å². The summed E-state index contributed by atoms with van der Waals surface area (Å²) in [7, 11) is 1.70. The molecule has 1 saturated heterocycles. The number of ether oxygens (including phenoxy) is 3. The number of benzene rings is 2. The van der Waals surface area contributed by atoms with Gasteiger partial charge in [-0.15, -0.1) is 0 Å². The maximum absolute atomic E-state index is 12.0. The maximum Gasteiger partial charge on any atom is 0.243 e. The predicted molar refractivity (Wildman–Crippen MR) is 134 cm³/mol. The molecule has 1 aliphatic rings. The Kier molecular flexibility index (Phi) is 11.9. The summed E-state index contributed by atoms with van der Waals surface area (Å²) in [5.41, 5.74) is 3.71. The van der Waals surface area contributed by atoms with E-state index in [-0.39, 0.29) is 12.2 Å². The first-order valence-corrected chi connectivity index (χ1v) is 12.3. The standard InChI is InChI=1S/C27H38N2O5/c1-31-19-17-28-20-22(21-33-25-14-9-12-23-11-5-6-13-24(23)25)10-3-2-4-15-26(30)29-34-27-16-7-8-18-32-27/h5-6,9-14,27-28H,2-4,7-8,15-21H2,1H3,(H,29,30)/b22-10+. The molecule has 34 heavy (non-hydrogen) atoms. The van der Waals surface area contributed by atoms with Crippen LogP contribution in [0.2, 0.25) is 0 Å². The number of nitrogens with one attached hydrogen (secondary N) is 2. The number of hydroxylamine groups is 1. The van der Waals surface area contributed by atoms with Crippen LogP contribution < -0.4 is 15.5 Å². The minimum Gasteiger partial charge on any atom is -0.489 e. The Morgan fingerprint density at radius 3 is 2.88 bits per heavy atom. The highest BCUT2D eigenvalue weighted by Crippen LogP contribution is 2.25. The number of fused-ring (bicyclic) bond motifs is 1. The lowest BCUT2D eigenvalue weighted by molar-refractivity contribution is -0.200. The first kappa shape index (κ1) is 26.2. The third-order valence-electron chi connectivity index (χ3n) is 5.73. The lowest BCUT2D eigenvalue weighted by Gasteiger charge is -2.22. The van der Waals surface area contributed by atoms with Gasteiger partial charge in [0.15, 0.2) is 6.29 Å². The Balaban J connectivity index is 1.42. The van der Waals surface area contributed by atoms with Crippen LogP contribution in [0.4, 0.5) is 0 Å². The van der Waals surface area contributed by atoms with Crippen molar-refractivity contribution in [3.05, 3.63) is 54.1 Å². The van der Waals surface area contributed by atoms with Gasteiger partial charge in [0, 0.05) is 45.0 Å². The predicted octanol–water partition coefficient (Wildman–Crippen LogP) is 4.52. The second kappa shape index (κ2) is 15.5. The average Bonchev–Trinajstić information content (AvgIpc) is 2.88. The minimum atomic E-state index is -0.310. The van der Waals surface area contributed by atoms with E-state index in [1.165, 1.54) is 11.0 Å². The SMILES string of the molecule is COCCNC/C(=C\CCCCC(=O)NOC1CCCCO1)COc1cccc2ccccc12. The molecule has 186 valence electrons. The lowest BCUT2D eigenvalue weighted by atomic mass is 10.1. The van der Waals surface area contributed by atoms with E-state index in [1.807, 2.05) is 24.3 Å². The van der Waals surface area contributed by atoms with Crippen LogP contribution in [0.15, 0.2) is 54.1 Å². The fraction of sp³-hybridized carbons (Fsp3) is 0.519. The van der Waals surface area contributed by atoms with Crippen molar-refractivity contribution in [1.82, 2.24) is 10.8 Å².